The van der Waals surface area contributed by atoms with Gasteiger partial charge in [-0.2, -0.15) is 0 Å². The van der Waals surface area contributed by atoms with Crippen LogP contribution in [0.3, 0.4) is 0 Å². The van der Waals surface area contributed by atoms with Crippen molar-refractivity contribution >= 4 is 23.4 Å². The standard InChI is InChI=1S/C13H17N3O4/c1-13(11(17)18)7-20-6-10(13)16-12(19)15-9-5-3-2-4-8(9)14/h2-5,10H,6-7,14H2,1H3,(H,17,18)(H2,15,16,19). The number of nitrogens with one attached hydrogen (secondary N) is 2. The maximum atomic E-state index is 11.9. The van der Waals surface area contributed by atoms with Crippen LogP contribution in [0.2, 0.25) is 0 Å². The number of hydrogen-bond donors (Lipinski definition) is 4. The Balaban J connectivity index is 2.02. The average molecular weight is 279 g/mol. The van der Waals surface area contributed by atoms with Gasteiger partial charge in [-0.3, -0.25) is 4.79 Å². The van der Waals surface area contributed by atoms with Crippen molar-refractivity contribution in [3.05, 3.63) is 24.3 Å². The van der Waals surface area contributed by atoms with E-state index < -0.39 is 23.5 Å². The first-order chi connectivity index (χ1) is 9.43. The predicted octanol–water partition coefficient (Wildman–Crippen LogP) is 0.880. The van der Waals surface area contributed by atoms with Crippen molar-refractivity contribution < 1.29 is 19.4 Å². The summed E-state index contributed by atoms with van der Waals surface area (Å²) in [6, 6.07) is 5.72. The summed E-state index contributed by atoms with van der Waals surface area (Å²) in [7, 11) is 0. The minimum Gasteiger partial charge on any atom is -0.481 e. The smallest absolute Gasteiger partial charge is 0.319 e. The van der Waals surface area contributed by atoms with E-state index in [9.17, 15) is 14.7 Å². The lowest BCUT2D eigenvalue weighted by Crippen LogP contribution is -2.50. The lowest BCUT2D eigenvalue weighted by atomic mass is 9.85. The van der Waals surface area contributed by atoms with E-state index in [2.05, 4.69) is 10.6 Å². The van der Waals surface area contributed by atoms with Crippen LogP contribution in [0.5, 0.6) is 0 Å². The van der Waals surface area contributed by atoms with Gasteiger partial charge in [-0.15, -0.1) is 0 Å². The average Bonchev–Trinajstić information content (AvgIpc) is 2.75. The Morgan fingerprint density at radius 1 is 1.45 bits per heavy atom. The second-order valence-corrected chi connectivity index (χ2v) is 4.98. The minimum atomic E-state index is -1.13. The molecule has 1 saturated heterocycles. The SMILES string of the molecule is CC1(C(=O)O)COCC1NC(=O)Nc1ccccc1N. The van der Waals surface area contributed by atoms with Crippen molar-refractivity contribution in [2.24, 2.45) is 5.41 Å². The molecule has 108 valence electrons. The highest BCUT2D eigenvalue weighted by molar-refractivity contribution is 5.93. The molecule has 2 amide bonds. The Hall–Kier alpha value is -2.28. The van der Waals surface area contributed by atoms with Crippen LogP contribution >= 0.6 is 0 Å². The van der Waals surface area contributed by atoms with Gasteiger partial charge in [-0.25, -0.2) is 4.79 Å². The lowest BCUT2D eigenvalue weighted by molar-refractivity contribution is -0.148. The topological polar surface area (TPSA) is 114 Å². The van der Waals surface area contributed by atoms with Crippen molar-refractivity contribution in [2.45, 2.75) is 13.0 Å². The maximum absolute atomic E-state index is 11.9. The van der Waals surface area contributed by atoms with Gasteiger partial charge in [-0.05, 0) is 19.1 Å². The minimum absolute atomic E-state index is 0.0702. The van der Waals surface area contributed by atoms with Crippen LogP contribution in [0.4, 0.5) is 16.2 Å². The van der Waals surface area contributed by atoms with Crippen LogP contribution in [0.15, 0.2) is 24.3 Å². The Bertz CT molecular complexity index is 534. The van der Waals surface area contributed by atoms with Gasteiger partial charge >= 0.3 is 12.0 Å². The van der Waals surface area contributed by atoms with Crippen molar-refractivity contribution in [1.29, 1.82) is 0 Å². The summed E-state index contributed by atoms with van der Waals surface area (Å²) in [5.74, 6) is -1.00. The molecule has 7 nitrogen and oxygen atoms in total. The molecule has 0 bridgehead atoms. The molecular formula is C13H17N3O4. The third kappa shape index (κ3) is 2.67. The zero-order chi connectivity index (χ0) is 14.8. The van der Waals surface area contributed by atoms with E-state index >= 15 is 0 Å². The van der Waals surface area contributed by atoms with Gasteiger partial charge < -0.3 is 26.2 Å². The molecule has 7 heteroatoms. The molecule has 0 spiro atoms. The fourth-order valence-corrected chi connectivity index (χ4v) is 2.01. The Morgan fingerprint density at radius 2 is 2.15 bits per heavy atom. The molecule has 2 rings (SSSR count). The number of ether oxygens (including phenoxy) is 1. The number of carbonyl (C=O) groups is 2. The van der Waals surface area contributed by atoms with Crippen molar-refractivity contribution in [3.63, 3.8) is 0 Å². The predicted molar refractivity (Wildman–Crippen MR) is 73.4 cm³/mol. The highest BCUT2D eigenvalue weighted by Crippen LogP contribution is 2.28. The highest BCUT2D eigenvalue weighted by atomic mass is 16.5. The molecule has 1 heterocycles. The molecule has 1 aliphatic heterocycles. The molecule has 1 aromatic carbocycles. The number of amides is 2. The number of nitrogens with two attached hydrogens (primary N) is 1. The Kier molecular flexibility index (Phi) is 3.80. The normalized spacial score (nSPS) is 25.1. The van der Waals surface area contributed by atoms with E-state index in [0.29, 0.717) is 11.4 Å². The third-order valence-electron chi connectivity index (χ3n) is 3.46. The highest BCUT2D eigenvalue weighted by Gasteiger charge is 2.47. The van der Waals surface area contributed by atoms with Gasteiger partial charge in [-0.1, -0.05) is 12.1 Å². The number of aliphatic carboxylic acids is 1. The largest absolute Gasteiger partial charge is 0.481 e. The van der Waals surface area contributed by atoms with Crippen molar-refractivity contribution in [1.82, 2.24) is 5.32 Å². The lowest BCUT2D eigenvalue weighted by Gasteiger charge is -2.25. The summed E-state index contributed by atoms with van der Waals surface area (Å²) < 4.78 is 5.16. The second kappa shape index (κ2) is 5.38. The van der Waals surface area contributed by atoms with Crippen LogP contribution in [0, 0.1) is 5.41 Å². The summed E-state index contributed by atoms with van der Waals surface area (Å²) >= 11 is 0. The first-order valence-corrected chi connectivity index (χ1v) is 6.16. The molecule has 20 heavy (non-hydrogen) atoms. The van der Waals surface area contributed by atoms with Crippen LogP contribution < -0.4 is 16.4 Å². The number of carboxylic acid groups (broad SMARTS) is 1. The number of hydrogen-bond acceptors (Lipinski definition) is 4. The number of carboxylic acids is 1. The van der Waals surface area contributed by atoms with Gasteiger partial charge in [0.05, 0.1) is 30.6 Å². The maximum Gasteiger partial charge on any atom is 0.319 e. The molecule has 2 atom stereocenters. The first kappa shape index (κ1) is 14.1. The van der Waals surface area contributed by atoms with Crippen LogP contribution in [-0.4, -0.2) is 36.4 Å². The van der Waals surface area contributed by atoms with Crippen LogP contribution in [-0.2, 0) is 9.53 Å². The monoisotopic (exact) mass is 279 g/mol. The zero-order valence-electron chi connectivity index (χ0n) is 11.1. The summed E-state index contributed by atoms with van der Waals surface area (Å²) in [5.41, 5.74) is 5.50. The van der Waals surface area contributed by atoms with Gasteiger partial charge in [0.2, 0.25) is 0 Å². The number of para-hydroxylation sites is 2. The van der Waals surface area contributed by atoms with Crippen molar-refractivity contribution in [2.75, 3.05) is 24.3 Å². The number of benzene rings is 1. The Morgan fingerprint density at radius 3 is 2.80 bits per heavy atom. The third-order valence-corrected chi connectivity index (χ3v) is 3.46. The molecule has 1 aliphatic rings. The van der Waals surface area contributed by atoms with Gasteiger partial charge in [0.1, 0.15) is 5.41 Å². The first-order valence-electron chi connectivity index (χ1n) is 6.16. The second-order valence-electron chi connectivity index (χ2n) is 4.98. The van der Waals surface area contributed by atoms with E-state index in [4.69, 9.17) is 10.5 Å². The van der Waals surface area contributed by atoms with E-state index in [0.717, 1.165) is 0 Å². The van der Waals surface area contributed by atoms with E-state index in [1.807, 2.05) is 0 Å². The van der Waals surface area contributed by atoms with Gasteiger partial charge in [0.25, 0.3) is 0 Å². The van der Waals surface area contributed by atoms with Gasteiger partial charge in [0, 0.05) is 0 Å². The van der Waals surface area contributed by atoms with Crippen molar-refractivity contribution in [3.8, 4) is 0 Å². The van der Waals surface area contributed by atoms with E-state index in [1.54, 1.807) is 31.2 Å². The number of rotatable bonds is 3. The fourth-order valence-electron chi connectivity index (χ4n) is 2.01. The van der Waals surface area contributed by atoms with E-state index in [1.165, 1.54) is 0 Å². The molecule has 0 aliphatic carbocycles. The Labute approximate surface area is 116 Å². The zero-order valence-corrected chi connectivity index (χ0v) is 11.1. The molecule has 0 radical (unpaired) electrons. The fraction of sp³-hybridized carbons (Fsp3) is 0.385. The van der Waals surface area contributed by atoms with Gasteiger partial charge in [0.15, 0.2) is 0 Å². The molecule has 1 aromatic rings. The summed E-state index contributed by atoms with van der Waals surface area (Å²) in [5, 5.41) is 14.4. The molecule has 0 aromatic heterocycles. The number of anilines is 2. The quantitative estimate of drug-likeness (QED) is 0.613. The van der Waals surface area contributed by atoms with Crippen LogP contribution in [0.1, 0.15) is 6.92 Å². The summed E-state index contributed by atoms with van der Waals surface area (Å²) in [4.78, 5) is 23.2. The molecular weight excluding hydrogens is 262 g/mol. The molecule has 1 fully saturated rings. The number of carbonyl (C=O) groups excluding carboxylic acids is 1. The van der Waals surface area contributed by atoms with E-state index in [-0.39, 0.29) is 13.2 Å². The summed E-state index contributed by atoms with van der Waals surface area (Å²) in [6.07, 6.45) is 0. The number of urea groups is 1. The number of nitrogen functional groups attached to an aromatic ring is 1. The molecule has 5 N–H and O–H groups in total. The summed E-state index contributed by atoms with van der Waals surface area (Å²) in [6.45, 7) is 1.78. The molecule has 0 saturated carbocycles. The molecule has 2 unspecified atom stereocenters. The van der Waals surface area contributed by atoms with Crippen LogP contribution in [0.25, 0.3) is 0 Å².